The maximum absolute atomic E-state index is 12.8. The van der Waals surface area contributed by atoms with Crippen molar-refractivity contribution < 1.29 is 42.9 Å². The molecule has 29 heavy (non-hydrogen) atoms. The van der Waals surface area contributed by atoms with E-state index in [1.54, 1.807) is 30.3 Å². The van der Waals surface area contributed by atoms with Crippen molar-refractivity contribution in [3.05, 3.63) is 30.3 Å². The van der Waals surface area contributed by atoms with Crippen molar-refractivity contribution in [1.29, 1.82) is 0 Å². The van der Waals surface area contributed by atoms with Crippen LogP contribution >= 0.6 is 0 Å². The summed E-state index contributed by atoms with van der Waals surface area (Å²) < 4.78 is 20.1. The molecule has 0 fully saturated rings. The number of para-hydroxylation sites is 1. The summed E-state index contributed by atoms with van der Waals surface area (Å²) in [5.74, 6) is -3.99. The molecule has 0 heterocycles. The summed E-state index contributed by atoms with van der Waals surface area (Å²) in [5.41, 5.74) is 0.389. The molecule has 0 saturated heterocycles. The number of hydrogen-bond donors (Lipinski definition) is 1. The Bertz CT molecular complexity index is 747. The van der Waals surface area contributed by atoms with E-state index in [9.17, 15) is 24.0 Å². The quantitative estimate of drug-likeness (QED) is 0.468. The minimum absolute atomic E-state index is 0.389. The highest BCUT2D eigenvalue weighted by Gasteiger charge is 2.42. The molecule has 1 rings (SSSR count). The fourth-order valence-electron chi connectivity index (χ4n) is 2.32. The Labute approximate surface area is 167 Å². The number of amides is 1. The van der Waals surface area contributed by atoms with Crippen molar-refractivity contribution in [3.8, 4) is 0 Å². The van der Waals surface area contributed by atoms with Gasteiger partial charge in [0.15, 0.2) is 12.2 Å². The lowest BCUT2D eigenvalue weighted by molar-refractivity contribution is -0.190. The predicted molar refractivity (Wildman–Crippen MR) is 98.4 cm³/mol. The summed E-state index contributed by atoms with van der Waals surface area (Å²) in [6.07, 6.45) is -4.65. The lowest BCUT2D eigenvalue weighted by Crippen LogP contribution is -2.52. The van der Waals surface area contributed by atoms with Crippen LogP contribution < -0.4 is 5.32 Å². The number of hydrogen-bond acceptors (Lipinski definition) is 9. The summed E-state index contributed by atoms with van der Waals surface area (Å²) in [4.78, 5) is 58.6. The molecular formula is C19H23NO9. The van der Waals surface area contributed by atoms with Crippen LogP contribution in [-0.4, -0.2) is 54.7 Å². The molecule has 0 spiro atoms. The van der Waals surface area contributed by atoms with Crippen molar-refractivity contribution in [2.24, 2.45) is 0 Å². The Hall–Kier alpha value is -3.43. The van der Waals surface area contributed by atoms with Crippen molar-refractivity contribution in [2.45, 2.75) is 46.0 Å². The van der Waals surface area contributed by atoms with Gasteiger partial charge in [0, 0.05) is 33.4 Å². The zero-order valence-electron chi connectivity index (χ0n) is 16.5. The SMILES string of the molecule is CC(=O)OC[C@@H](OC(C)=O)[C@@H](OC(C)=O)[C@H](OC(C)=O)C(=O)Nc1ccccc1. The van der Waals surface area contributed by atoms with Crippen LogP contribution in [0.25, 0.3) is 0 Å². The first-order valence-electron chi connectivity index (χ1n) is 8.61. The zero-order chi connectivity index (χ0) is 22.0. The maximum Gasteiger partial charge on any atom is 0.303 e. The van der Waals surface area contributed by atoms with Gasteiger partial charge in [-0.05, 0) is 12.1 Å². The summed E-state index contributed by atoms with van der Waals surface area (Å²) in [6.45, 7) is 3.79. The number of benzene rings is 1. The van der Waals surface area contributed by atoms with E-state index < -0.39 is 54.7 Å². The lowest BCUT2D eigenvalue weighted by Gasteiger charge is -2.30. The molecule has 0 aliphatic rings. The van der Waals surface area contributed by atoms with E-state index >= 15 is 0 Å². The highest BCUT2D eigenvalue weighted by atomic mass is 16.6. The number of anilines is 1. The van der Waals surface area contributed by atoms with Gasteiger partial charge in [-0.1, -0.05) is 18.2 Å². The summed E-state index contributed by atoms with van der Waals surface area (Å²) in [7, 11) is 0. The van der Waals surface area contributed by atoms with Crippen LogP contribution in [-0.2, 0) is 42.9 Å². The van der Waals surface area contributed by atoms with E-state index in [2.05, 4.69) is 5.32 Å². The standard InChI is InChI=1S/C19H23NO9/c1-11(21)26-10-16(27-12(2)22)17(28-13(3)23)18(29-14(4)24)19(25)20-15-8-6-5-7-9-15/h5-9,16-18H,10H2,1-4H3,(H,20,25)/t16-,17-,18+/m1/s1. The first-order chi connectivity index (χ1) is 13.6. The maximum atomic E-state index is 12.8. The van der Waals surface area contributed by atoms with Crippen LogP contribution in [0.15, 0.2) is 30.3 Å². The Balaban J connectivity index is 3.24. The van der Waals surface area contributed by atoms with Crippen LogP contribution in [0.5, 0.6) is 0 Å². The van der Waals surface area contributed by atoms with E-state index in [0.717, 1.165) is 27.7 Å². The monoisotopic (exact) mass is 409 g/mol. The van der Waals surface area contributed by atoms with Crippen LogP contribution in [0.3, 0.4) is 0 Å². The van der Waals surface area contributed by atoms with Gasteiger partial charge in [-0.2, -0.15) is 0 Å². The predicted octanol–water partition coefficient (Wildman–Crippen LogP) is 0.983. The van der Waals surface area contributed by atoms with Crippen LogP contribution in [0.4, 0.5) is 5.69 Å². The molecule has 1 aromatic carbocycles. The largest absolute Gasteiger partial charge is 0.462 e. The topological polar surface area (TPSA) is 134 Å². The molecule has 3 atom stereocenters. The van der Waals surface area contributed by atoms with Gasteiger partial charge in [0.1, 0.15) is 6.61 Å². The smallest absolute Gasteiger partial charge is 0.303 e. The second-order valence-electron chi connectivity index (χ2n) is 5.91. The molecule has 0 saturated carbocycles. The Morgan fingerprint density at radius 1 is 0.793 bits per heavy atom. The third-order valence-electron chi connectivity index (χ3n) is 3.33. The summed E-state index contributed by atoms with van der Waals surface area (Å²) >= 11 is 0. The second kappa shape index (κ2) is 11.4. The molecule has 10 nitrogen and oxygen atoms in total. The number of esters is 4. The molecule has 10 heteroatoms. The number of carbonyl (C=O) groups is 5. The minimum atomic E-state index is -1.68. The highest BCUT2D eigenvalue weighted by Crippen LogP contribution is 2.17. The molecule has 1 aromatic rings. The van der Waals surface area contributed by atoms with Gasteiger partial charge in [0.05, 0.1) is 0 Å². The molecule has 1 amide bonds. The van der Waals surface area contributed by atoms with Crippen molar-refractivity contribution >= 4 is 35.5 Å². The Kier molecular flexibility index (Phi) is 9.30. The first-order valence-corrected chi connectivity index (χ1v) is 8.61. The van der Waals surface area contributed by atoms with Gasteiger partial charge in [0.2, 0.25) is 6.10 Å². The average molecular weight is 409 g/mol. The van der Waals surface area contributed by atoms with Gasteiger partial charge in [-0.15, -0.1) is 0 Å². The Morgan fingerprint density at radius 3 is 1.83 bits per heavy atom. The minimum Gasteiger partial charge on any atom is -0.462 e. The summed E-state index contributed by atoms with van der Waals surface area (Å²) in [5, 5.41) is 2.52. The highest BCUT2D eigenvalue weighted by molar-refractivity contribution is 5.96. The Morgan fingerprint density at radius 2 is 1.34 bits per heavy atom. The van der Waals surface area contributed by atoms with Gasteiger partial charge in [-0.25, -0.2) is 0 Å². The third kappa shape index (κ3) is 8.87. The molecule has 1 N–H and O–H groups in total. The lowest BCUT2D eigenvalue weighted by atomic mass is 10.1. The fraction of sp³-hybridized carbons (Fsp3) is 0.421. The van der Waals surface area contributed by atoms with Crippen molar-refractivity contribution in [1.82, 2.24) is 0 Å². The van der Waals surface area contributed by atoms with Crippen molar-refractivity contribution in [3.63, 3.8) is 0 Å². The molecule has 158 valence electrons. The van der Waals surface area contributed by atoms with Gasteiger partial charge in [-0.3, -0.25) is 24.0 Å². The fourth-order valence-corrected chi connectivity index (χ4v) is 2.32. The molecule has 0 unspecified atom stereocenters. The number of rotatable bonds is 9. The van der Waals surface area contributed by atoms with E-state index in [4.69, 9.17) is 18.9 Å². The number of ether oxygens (including phenoxy) is 4. The van der Waals surface area contributed by atoms with Crippen LogP contribution in [0.1, 0.15) is 27.7 Å². The van der Waals surface area contributed by atoms with Gasteiger partial charge in [0.25, 0.3) is 5.91 Å². The second-order valence-corrected chi connectivity index (χ2v) is 5.91. The van der Waals surface area contributed by atoms with E-state index in [0.29, 0.717) is 5.69 Å². The molecule has 0 radical (unpaired) electrons. The van der Waals surface area contributed by atoms with Crippen molar-refractivity contribution in [2.75, 3.05) is 11.9 Å². The van der Waals surface area contributed by atoms with E-state index in [1.165, 1.54) is 0 Å². The van der Waals surface area contributed by atoms with Crippen LogP contribution in [0.2, 0.25) is 0 Å². The summed E-state index contributed by atoms with van der Waals surface area (Å²) in [6, 6.07) is 8.25. The van der Waals surface area contributed by atoms with E-state index in [-0.39, 0.29) is 0 Å². The average Bonchev–Trinajstić information content (AvgIpc) is 2.61. The third-order valence-corrected chi connectivity index (χ3v) is 3.33. The van der Waals surface area contributed by atoms with Gasteiger partial charge >= 0.3 is 23.9 Å². The molecule has 0 aromatic heterocycles. The number of carbonyl (C=O) groups excluding carboxylic acids is 5. The molecule has 0 aliphatic heterocycles. The zero-order valence-corrected chi connectivity index (χ0v) is 16.5. The van der Waals surface area contributed by atoms with E-state index in [1.807, 2.05) is 0 Å². The van der Waals surface area contributed by atoms with Crippen LogP contribution in [0, 0.1) is 0 Å². The normalized spacial score (nSPS) is 13.2. The number of nitrogens with one attached hydrogen (secondary N) is 1. The molecule has 0 bridgehead atoms. The molecular weight excluding hydrogens is 386 g/mol. The first kappa shape index (κ1) is 23.6. The molecule has 0 aliphatic carbocycles. The van der Waals surface area contributed by atoms with Gasteiger partial charge < -0.3 is 24.3 Å².